The van der Waals surface area contributed by atoms with E-state index < -0.39 is 0 Å². The number of rotatable bonds is 4. The molecule has 3 aromatic rings. The maximum absolute atomic E-state index is 6.13. The highest BCUT2D eigenvalue weighted by molar-refractivity contribution is 6.33. The lowest BCUT2D eigenvalue weighted by Crippen LogP contribution is -2.02. The fourth-order valence-electron chi connectivity index (χ4n) is 2.07. The van der Waals surface area contributed by atoms with Gasteiger partial charge in [-0.25, -0.2) is 0 Å². The number of aryl methyl sites for hydroxylation is 2. The molecule has 0 amide bonds. The predicted octanol–water partition coefficient (Wildman–Crippen LogP) is 4.63. The molecular weight excluding hydrogens is 310 g/mol. The van der Waals surface area contributed by atoms with Crippen molar-refractivity contribution in [3.8, 4) is 0 Å². The zero-order chi connectivity index (χ0) is 16.2. The highest BCUT2D eigenvalue weighted by atomic mass is 35.5. The Labute approximate surface area is 139 Å². The molecular formula is C17H16ClN5. The Morgan fingerprint density at radius 2 is 1.78 bits per heavy atom. The van der Waals surface area contributed by atoms with Crippen LogP contribution in [0.25, 0.3) is 0 Å². The van der Waals surface area contributed by atoms with Crippen molar-refractivity contribution < 1.29 is 0 Å². The molecule has 6 heteroatoms. The van der Waals surface area contributed by atoms with Gasteiger partial charge in [0.1, 0.15) is 0 Å². The molecule has 116 valence electrons. The van der Waals surface area contributed by atoms with E-state index in [-0.39, 0.29) is 0 Å². The topological polar surface area (TPSA) is 62.7 Å². The average molecular weight is 326 g/mol. The van der Waals surface area contributed by atoms with E-state index in [1.165, 1.54) is 11.1 Å². The van der Waals surface area contributed by atoms with Crippen LogP contribution < -0.4 is 10.6 Å². The second kappa shape index (κ2) is 6.62. The Morgan fingerprint density at radius 3 is 2.57 bits per heavy atom. The van der Waals surface area contributed by atoms with Crippen LogP contribution in [0.15, 0.2) is 48.7 Å². The van der Waals surface area contributed by atoms with E-state index in [0.717, 1.165) is 11.4 Å². The fourth-order valence-corrected chi connectivity index (χ4v) is 2.25. The van der Waals surface area contributed by atoms with Crippen LogP contribution in [0.5, 0.6) is 0 Å². The van der Waals surface area contributed by atoms with Crippen LogP contribution >= 0.6 is 11.6 Å². The molecule has 0 saturated heterocycles. The molecule has 0 atom stereocenters. The smallest absolute Gasteiger partial charge is 0.249 e. The summed E-state index contributed by atoms with van der Waals surface area (Å²) in [6.45, 7) is 4.14. The largest absolute Gasteiger partial charge is 0.338 e. The highest BCUT2D eigenvalue weighted by Crippen LogP contribution is 2.24. The van der Waals surface area contributed by atoms with Gasteiger partial charge in [0.25, 0.3) is 0 Å². The number of nitrogens with one attached hydrogen (secondary N) is 2. The summed E-state index contributed by atoms with van der Waals surface area (Å²) in [5.74, 6) is 0.991. The normalized spacial score (nSPS) is 10.4. The first kappa shape index (κ1) is 15.2. The van der Waals surface area contributed by atoms with E-state index in [4.69, 9.17) is 11.6 Å². The molecule has 0 saturated carbocycles. The van der Waals surface area contributed by atoms with E-state index >= 15 is 0 Å². The van der Waals surface area contributed by atoms with E-state index in [2.05, 4.69) is 45.7 Å². The second-order valence-electron chi connectivity index (χ2n) is 5.19. The molecule has 23 heavy (non-hydrogen) atoms. The lowest BCUT2D eigenvalue weighted by molar-refractivity contribution is 0.982. The second-order valence-corrected chi connectivity index (χ2v) is 5.60. The number of halogens is 1. The van der Waals surface area contributed by atoms with Crippen LogP contribution in [0.3, 0.4) is 0 Å². The third kappa shape index (κ3) is 3.76. The van der Waals surface area contributed by atoms with Gasteiger partial charge in [-0.05, 0) is 49.2 Å². The molecule has 0 radical (unpaired) electrons. The van der Waals surface area contributed by atoms with Crippen LogP contribution in [-0.2, 0) is 0 Å². The molecule has 0 aliphatic carbocycles. The summed E-state index contributed by atoms with van der Waals surface area (Å²) in [6.07, 6.45) is 1.55. The first-order chi connectivity index (χ1) is 11.1. The van der Waals surface area contributed by atoms with Gasteiger partial charge in [0.15, 0.2) is 5.82 Å². The molecule has 2 aromatic carbocycles. The number of benzene rings is 2. The van der Waals surface area contributed by atoms with Gasteiger partial charge >= 0.3 is 0 Å². The minimum absolute atomic E-state index is 0.422. The maximum atomic E-state index is 6.13. The lowest BCUT2D eigenvalue weighted by Gasteiger charge is -2.09. The maximum Gasteiger partial charge on any atom is 0.249 e. The number of hydrogen-bond donors (Lipinski definition) is 2. The summed E-state index contributed by atoms with van der Waals surface area (Å²) < 4.78 is 0. The molecule has 5 nitrogen and oxygen atoms in total. The molecule has 3 rings (SSSR count). The number of nitrogens with zero attached hydrogens (tertiary/aromatic N) is 3. The molecule has 0 fully saturated rings. The number of hydrogen-bond acceptors (Lipinski definition) is 5. The lowest BCUT2D eigenvalue weighted by atomic mass is 10.1. The molecule has 0 aliphatic rings. The monoisotopic (exact) mass is 325 g/mol. The van der Waals surface area contributed by atoms with Crippen LogP contribution in [0.2, 0.25) is 5.02 Å². The van der Waals surface area contributed by atoms with Crippen molar-refractivity contribution in [1.82, 2.24) is 15.2 Å². The quantitative estimate of drug-likeness (QED) is 0.732. The summed E-state index contributed by atoms with van der Waals surface area (Å²) in [6, 6.07) is 13.5. The van der Waals surface area contributed by atoms with E-state index in [0.29, 0.717) is 16.8 Å². The SMILES string of the molecule is Cc1ccc(Nc2nncc(Nc3ccccc3Cl)n2)cc1C. The molecule has 0 aliphatic heterocycles. The first-order valence-electron chi connectivity index (χ1n) is 7.17. The zero-order valence-corrected chi connectivity index (χ0v) is 13.6. The number of aromatic nitrogens is 3. The van der Waals surface area contributed by atoms with Crippen molar-refractivity contribution >= 4 is 34.7 Å². The molecule has 1 aromatic heterocycles. The Morgan fingerprint density at radius 1 is 0.957 bits per heavy atom. The van der Waals surface area contributed by atoms with E-state index in [1.807, 2.05) is 36.4 Å². The summed E-state index contributed by atoms with van der Waals surface area (Å²) >= 11 is 6.13. The molecule has 1 heterocycles. The van der Waals surface area contributed by atoms with Gasteiger partial charge in [-0.3, -0.25) is 0 Å². The van der Waals surface area contributed by atoms with E-state index in [9.17, 15) is 0 Å². The standard InChI is InChI=1S/C17H16ClN5/c1-11-7-8-13(9-12(11)2)20-17-22-16(10-19-23-17)21-15-6-4-3-5-14(15)18/h3-10H,1-2H3,(H2,20,21,22,23). The van der Waals surface area contributed by atoms with Gasteiger partial charge in [-0.15, -0.1) is 5.10 Å². The molecule has 0 spiro atoms. The minimum atomic E-state index is 0.422. The van der Waals surface area contributed by atoms with Crippen LogP contribution in [0, 0.1) is 13.8 Å². The third-order valence-electron chi connectivity index (χ3n) is 3.46. The Kier molecular flexibility index (Phi) is 4.39. The molecule has 0 unspecified atom stereocenters. The van der Waals surface area contributed by atoms with Crippen molar-refractivity contribution in [1.29, 1.82) is 0 Å². The van der Waals surface area contributed by atoms with Crippen molar-refractivity contribution in [3.05, 3.63) is 64.8 Å². The van der Waals surface area contributed by atoms with Gasteiger partial charge in [0.05, 0.1) is 16.9 Å². The van der Waals surface area contributed by atoms with Crippen molar-refractivity contribution in [2.45, 2.75) is 13.8 Å². The fraction of sp³-hybridized carbons (Fsp3) is 0.118. The summed E-state index contributed by atoms with van der Waals surface area (Å²) in [7, 11) is 0. The minimum Gasteiger partial charge on any atom is -0.338 e. The van der Waals surface area contributed by atoms with Crippen molar-refractivity contribution in [2.24, 2.45) is 0 Å². The third-order valence-corrected chi connectivity index (χ3v) is 3.79. The van der Waals surface area contributed by atoms with Gasteiger partial charge in [0.2, 0.25) is 5.95 Å². The predicted molar refractivity (Wildman–Crippen MR) is 93.8 cm³/mol. The van der Waals surface area contributed by atoms with Gasteiger partial charge in [0, 0.05) is 5.69 Å². The average Bonchev–Trinajstić information content (AvgIpc) is 2.54. The highest BCUT2D eigenvalue weighted by Gasteiger charge is 2.05. The van der Waals surface area contributed by atoms with Gasteiger partial charge in [-0.2, -0.15) is 10.1 Å². The summed E-state index contributed by atoms with van der Waals surface area (Å²) in [5, 5.41) is 14.9. The zero-order valence-electron chi connectivity index (χ0n) is 12.8. The Balaban J connectivity index is 1.79. The Hall–Kier alpha value is -2.66. The Bertz CT molecular complexity index is 835. The molecule has 0 bridgehead atoms. The molecule has 2 N–H and O–H groups in total. The van der Waals surface area contributed by atoms with Crippen LogP contribution in [-0.4, -0.2) is 15.2 Å². The number of anilines is 4. The van der Waals surface area contributed by atoms with Gasteiger partial charge in [-0.1, -0.05) is 29.8 Å². The first-order valence-corrected chi connectivity index (χ1v) is 7.55. The van der Waals surface area contributed by atoms with E-state index in [1.54, 1.807) is 6.20 Å². The summed E-state index contributed by atoms with van der Waals surface area (Å²) in [5.41, 5.74) is 4.13. The van der Waals surface area contributed by atoms with Crippen molar-refractivity contribution in [2.75, 3.05) is 10.6 Å². The van der Waals surface area contributed by atoms with Gasteiger partial charge < -0.3 is 10.6 Å². The van der Waals surface area contributed by atoms with Crippen LogP contribution in [0.1, 0.15) is 11.1 Å². The van der Waals surface area contributed by atoms with Crippen molar-refractivity contribution in [3.63, 3.8) is 0 Å². The van der Waals surface area contributed by atoms with Crippen LogP contribution in [0.4, 0.5) is 23.1 Å². The number of para-hydroxylation sites is 1. The summed E-state index contributed by atoms with van der Waals surface area (Å²) in [4.78, 5) is 4.40.